The fourth-order valence-corrected chi connectivity index (χ4v) is 1.57. The summed E-state index contributed by atoms with van der Waals surface area (Å²) in [5, 5.41) is 2.80. The molecule has 0 aliphatic rings. The third kappa shape index (κ3) is 1.14. The fourth-order valence-electron chi connectivity index (χ4n) is 0.925. The lowest BCUT2D eigenvalue weighted by Gasteiger charge is -1.85. The third-order valence-electron chi connectivity index (χ3n) is 1.43. The van der Waals surface area contributed by atoms with Crippen LogP contribution in [0.15, 0.2) is 34.3 Å². The number of anilines is 1. The van der Waals surface area contributed by atoms with E-state index in [1.165, 1.54) is 11.3 Å². The van der Waals surface area contributed by atoms with Crippen molar-refractivity contribution in [2.24, 2.45) is 0 Å². The molecule has 0 saturated heterocycles. The highest BCUT2D eigenvalue weighted by atomic mass is 32.1. The first-order valence-corrected chi connectivity index (χ1v) is 4.12. The maximum atomic E-state index is 5.56. The van der Waals surface area contributed by atoms with Crippen molar-refractivity contribution in [1.82, 2.24) is 0 Å². The van der Waals surface area contributed by atoms with Gasteiger partial charge in [-0.2, -0.15) is 0 Å². The van der Waals surface area contributed by atoms with E-state index < -0.39 is 0 Å². The lowest BCUT2D eigenvalue weighted by molar-refractivity contribution is 0.582. The monoisotopic (exact) mass is 165 g/mol. The summed E-state index contributed by atoms with van der Waals surface area (Å²) in [6, 6.07) is 5.69. The van der Waals surface area contributed by atoms with Crippen LogP contribution in [0.25, 0.3) is 11.3 Å². The largest absolute Gasteiger partial charge is 0.464 e. The van der Waals surface area contributed by atoms with Crippen LogP contribution < -0.4 is 5.73 Å². The molecule has 0 spiro atoms. The van der Waals surface area contributed by atoms with Crippen LogP contribution in [0, 0.1) is 0 Å². The zero-order valence-electron chi connectivity index (χ0n) is 5.78. The van der Waals surface area contributed by atoms with Crippen molar-refractivity contribution in [1.29, 1.82) is 0 Å². The van der Waals surface area contributed by atoms with Gasteiger partial charge in [0.2, 0.25) is 0 Å². The molecule has 56 valence electrons. The molecule has 2 aromatic heterocycles. The summed E-state index contributed by atoms with van der Waals surface area (Å²) in [5.74, 6) is 0.873. The summed E-state index contributed by atoms with van der Waals surface area (Å²) in [6.07, 6.45) is 1.66. The van der Waals surface area contributed by atoms with E-state index in [0.717, 1.165) is 16.3 Å². The highest BCUT2D eigenvalue weighted by Gasteiger charge is 2.01. The van der Waals surface area contributed by atoms with Crippen molar-refractivity contribution >= 4 is 16.3 Å². The standard InChI is InChI=1S/C8H7NOS/c9-8-4-6(5-11-8)7-2-1-3-10-7/h1-5H,9H2. The molecule has 0 saturated carbocycles. The Labute approximate surface area is 68.3 Å². The zero-order valence-corrected chi connectivity index (χ0v) is 6.60. The summed E-state index contributed by atoms with van der Waals surface area (Å²) in [7, 11) is 0. The maximum Gasteiger partial charge on any atom is 0.134 e. The second-order valence-electron chi connectivity index (χ2n) is 2.22. The second kappa shape index (κ2) is 2.43. The molecule has 3 heteroatoms. The Morgan fingerprint density at radius 1 is 1.45 bits per heavy atom. The number of hydrogen-bond acceptors (Lipinski definition) is 3. The molecular weight excluding hydrogens is 158 g/mol. The minimum Gasteiger partial charge on any atom is -0.464 e. The predicted octanol–water partition coefficient (Wildman–Crippen LogP) is 2.59. The highest BCUT2D eigenvalue weighted by molar-refractivity contribution is 7.14. The molecule has 0 aromatic carbocycles. The Bertz CT molecular complexity index is 337. The van der Waals surface area contributed by atoms with Crippen LogP contribution in [-0.2, 0) is 0 Å². The van der Waals surface area contributed by atoms with E-state index in [4.69, 9.17) is 10.2 Å². The first kappa shape index (κ1) is 6.49. The topological polar surface area (TPSA) is 39.2 Å². The molecule has 0 unspecified atom stereocenters. The SMILES string of the molecule is Nc1cc(-c2ccco2)cs1. The van der Waals surface area contributed by atoms with E-state index in [1.807, 2.05) is 23.6 Å². The van der Waals surface area contributed by atoms with Gasteiger partial charge in [-0.25, -0.2) is 0 Å². The van der Waals surface area contributed by atoms with Gasteiger partial charge in [-0.1, -0.05) is 0 Å². The zero-order chi connectivity index (χ0) is 7.68. The quantitative estimate of drug-likeness (QED) is 0.705. The third-order valence-corrected chi connectivity index (χ3v) is 2.19. The van der Waals surface area contributed by atoms with Gasteiger partial charge in [-0.05, 0) is 18.2 Å². The molecule has 0 amide bonds. The van der Waals surface area contributed by atoms with E-state index in [9.17, 15) is 0 Å². The number of nitrogens with two attached hydrogens (primary N) is 1. The fraction of sp³-hybridized carbons (Fsp3) is 0. The molecule has 2 nitrogen and oxygen atoms in total. The predicted molar refractivity (Wildman–Crippen MR) is 46.4 cm³/mol. The van der Waals surface area contributed by atoms with Gasteiger partial charge in [0.05, 0.1) is 11.3 Å². The van der Waals surface area contributed by atoms with Crippen molar-refractivity contribution < 1.29 is 4.42 Å². The lowest BCUT2D eigenvalue weighted by Crippen LogP contribution is -1.74. The van der Waals surface area contributed by atoms with Crippen LogP contribution in [0.4, 0.5) is 5.00 Å². The first-order chi connectivity index (χ1) is 5.36. The first-order valence-electron chi connectivity index (χ1n) is 3.24. The number of rotatable bonds is 1. The smallest absolute Gasteiger partial charge is 0.134 e. The van der Waals surface area contributed by atoms with Crippen LogP contribution in [0.1, 0.15) is 0 Å². The van der Waals surface area contributed by atoms with Crippen LogP contribution in [-0.4, -0.2) is 0 Å². The van der Waals surface area contributed by atoms with Crippen molar-refractivity contribution in [2.45, 2.75) is 0 Å². The molecule has 0 fully saturated rings. The van der Waals surface area contributed by atoms with Crippen LogP contribution in [0.3, 0.4) is 0 Å². The molecule has 0 aliphatic carbocycles. The lowest BCUT2D eigenvalue weighted by atomic mass is 10.3. The van der Waals surface area contributed by atoms with Gasteiger partial charge in [0.15, 0.2) is 0 Å². The summed E-state index contributed by atoms with van der Waals surface area (Å²) >= 11 is 1.52. The minimum absolute atomic E-state index is 0.816. The van der Waals surface area contributed by atoms with Crippen molar-refractivity contribution in [2.75, 3.05) is 5.73 Å². The van der Waals surface area contributed by atoms with Gasteiger partial charge in [0.1, 0.15) is 5.76 Å². The van der Waals surface area contributed by atoms with Crippen molar-refractivity contribution in [3.8, 4) is 11.3 Å². The summed E-state index contributed by atoms with van der Waals surface area (Å²) in [6.45, 7) is 0. The van der Waals surface area contributed by atoms with Crippen molar-refractivity contribution in [3.63, 3.8) is 0 Å². The van der Waals surface area contributed by atoms with E-state index in [0.29, 0.717) is 0 Å². The normalized spacial score (nSPS) is 10.2. The number of thiophene rings is 1. The molecule has 0 bridgehead atoms. The average Bonchev–Trinajstić information content (AvgIpc) is 2.55. The molecule has 2 heterocycles. The average molecular weight is 165 g/mol. The van der Waals surface area contributed by atoms with Gasteiger partial charge >= 0.3 is 0 Å². The Morgan fingerprint density at radius 3 is 2.91 bits per heavy atom. The maximum absolute atomic E-state index is 5.56. The molecule has 0 radical (unpaired) electrons. The molecule has 0 atom stereocenters. The second-order valence-corrected chi connectivity index (χ2v) is 3.16. The van der Waals surface area contributed by atoms with Gasteiger partial charge in [-0.3, -0.25) is 0 Å². The summed E-state index contributed by atoms with van der Waals surface area (Å²) < 4.78 is 5.18. The number of furan rings is 1. The number of nitrogen functional groups attached to an aromatic ring is 1. The van der Waals surface area contributed by atoms with E-state index in [1.54, 1.807) is 6.26 Å². The van der Waals surface area contributed by atoms with Gasteiger partial charge < -0.3 is 10.2 Å². The molecule has 2 N–H and O–H groups in total. The molecule has 2 aromatic rings. The van der Waals surface area contributed by atoms with Crippen LogP contribution >= 0.6 is 11.3 Å². The van der Waals surface area contributed by atoms with Gasteiger partial charge in [0, 0.05) is 10.9 Å². The van der Waals surface area contributed by atoms with Gasteiger partial charge in [0.25, 0.3) is 0 Å². The van der Waals surface area contributed by atoms with Crippen molar-refractivity contribution in [3.05, 3.63) is 29.8 Å². The van der Waals surface area contributed by atoms with Crippen LogP contribution in [0.5, 0.6) is 0 Å². The Kier molecular flexibility index (Phi) is 1.43. The molecule has 0 aliphatic heterocycles. The number of hydrogen-bond donors (Lipinski definition) is 1. The summed E-state index contributed by atoms with van der Waals surface area (Å²) in [4.78, 5) is 0. The molecular formula is C8H7NOS. The summed E-state index contributed by atoms with van der Waals surface area (Å²) in [5.41, 5.74) is 6.61. The molecule has 2 rings (SSSR count). The molecule has 11 heavy (non-hydrogen) atoms. The van der Waals surface area contributed by atoms with Gasteiger partial charge in [-0.15, -0.1) is 11.3 Å². The Balaban J connectivity index is 2.45. The Hall–Kier alpha value is -1.22. The van der Waals surface area contributed by atoms with E-state index >= 15 is 0 Å². The van der Waals surface area contributed by atoms with E-state index in [-0.39, 0.29) is 0 Å². The Morgan fingerprint density at radius 2 is 2.36 bits per heavy atom. The minimum atomic E-state index is 0.816. The van der Waals surface area contributed by atoms with E-state index in [2.05, 4.69) is 0 Å². The van der Waals surface area contributed by atoms with Crippen LogP contribution in [0.2, 0.25) is 0 Å². The highest BCUT2D eigenvalue weighted by Crippen LogP contribution is 2.26.